The lowest BCUT2D eigenvalue weighted by Crippen LogP contribution is -2.04. The summed E-state index contributed by atoms with van der Waals surface area (Å²) in [6.07, 6.45) is 2.14. The van der Waals surface area contributed by atoms with Crippen molar-refractivity contribution in [3.05, 3.63) is 46.6 Å². The predicted octanol–water partition coefficient (Wildman–Crippen LogP) is 0.216. The number of aliphatic hydroxyl groups is 2. The van der Waals surface area contributed by atoms with Crippen LogP contribution in [-0.4, -0.2) is 20.2 Å². The maximum Gasteiger partial charge on any atom is 0.221 e. The van der Waals surface area contributed by atoms with Crippen LogP contribution in [0.4, 0.5) is 11.8 Å². The lowest BCUT2D eigenvalue weighted by atomic mass is 10.0. The number of nitrogens with two attached hydrogens (primary N) is 2. The van der Waals surface area contributed by atoms with Gasteiger partial charge in [-0.25, -0.2) is 4.98 Å². The molecular formula is C13H16N4O2. The molecule has 0 amide bonds. The van der Waals surface area contributed by atoms with Crippen LogP contribution in [0.15, 0.2) is 24.4 Å². The van der Waals surface area contributed by atoms with E-state index in [-0.39, 0.29) is 19.2 Å². The first-order valence-electron chi connectivity index (χ1n) is 5.83. The Morgan fingerprint density at radius 3 is 2.37 bits per heavy atom. The average Bonchev–Trinajstić information content (AvgIpc) is 2.41. The number of aromatic nitrogens is 2. The Kier molecular flexibility index (Phi) is 3.94. The molecular weight excluding hydrogens is 244 g/mol. The van der Waals surface area contributed by atoms with Crippen LogP contribution in [0, 0.1) is 0 Å². The van der Waals surface area contributed by atoms with E-state index in [0.29, 0.717) is 23.4 Å². The Bertz CT molecular complexity index is 587. The quantitative estimate of drug-likeness (QED) is 0.624. The molecule has 0 aliphatic rings. The van der Waals surface area contributed by atoms with Crippen LogP contribution in [0.2, 0.25) is 0 Å². The van der Waals surface area contributed by atoms with Gasteiger partial charge in [0, 0.05) is 18.2 Å². The van der Waals surface area contributed by atoms with Crippen LogP contribution in [0.1, 0.15) is 22.3 Å². The van der Waals surface area contributed by atoms with Crippen LogP contribution in [0.25, 0.3) is 0 Å². The van der Waals surface area contributed by atoms with Gasteiger partial charge in [-0.3, -0.25) is 0 Å². The van der Waals surface area contributed by atoms with Crippen molar-refractivity contribution in [1.82, 2.24) is 9.97 Å². The summed E-state index contributed by atoms with van der Waals surface area (Å²) in [7, 11) is 0. The second-order valence-corrected chi connectivity index (χ2v) is 4.23. The molecule has 19 heavy (non-hydrogen) atoms. The zero-order valence-corrected chi connectivity index (χ0v) is 10.4. The SMILES string of the molecule is Nc1ncc(Cc2ccc(CO)c(CO)c2)c(N)n1. The van der Waals surface area contributed by atoms with Gasteiger partial charge >= 0.3 is 0 Å². The number of nitrogens with zero attached hydrogens (tertiary/aromatic N) is 2. The largest absolute Gasteiger partial charge is 0.392 e. The van der Waals surface area contributed by atoms with Gasteiger partial charge in [0.05, 0.1) is 13.2 Å². The number of rotatable bonds is 4. The highest BCUT2D eigenvalue weighted by Crippen LogP contribution is 2.18. The van der Waals surface area contributed by atoms with Crippen molar-refractivity contribution in [2.24, 2.45) is 0 Å². The minimum absolute atomic E-state index is 0.0940. The summed E-state index contributed by atoms with van der Waals surface area (Å²) in [6.45, 7) is -0.208. The molecule has 0 saturated heterocycles. The Morgan fingerprint density at radius 2 is 1.74 bits per heavy atom. The molecule has 1 heterocycles. The van der Waals surface area contributed by atoms with Gasteiger partial charge in [0.2, 0.25) is 5.95 Å². The molecule has 0 aliphatic carbocycles. The fourth-order valence-electron chi connectivity index (χ4n) is 1.88. The molecule has 0 spiro atoms. The van der Waals surface area contributed by atoms with Crippen molar-refractivity contribution < 1.29 is 10.2 Å². The number of nitrogen functional groups attached to an aromatic ring is 2. The van der Waals surface area contributed by atoms with Crippen molar-refractivity contribution in [1.29, 1.82) is 0 Å². The van der Waals surface area contributed by atoms with Crippen LogP contribution in [0.5, 0.6) is 0 Å². The molecule has 0 fully saturated rings. The van der Waals surface area contributed by atoms with Crippen LogP contribution >= 0.6 is 0 Å². The second-order valence-electron chi connectivity index (χ2n) is 4.23. The third kappa shape index (κ3) is 2.98. The van der Waals surface area contributed by atoms with E-state index in [9.17, 15) is 5.11 Å². The molecule has 1 aromatic carbocycles. The van der Waals surface area contributed by atoms with E-state index in [0.717, 1.165) is 11.1 Å². The molecule has 0 radical (unpaired) electrons. The van der Waals surface area contributed by atoms with Gasteiger partial charge in [-0.05, 0) is 16.7 Å². The maximum atomic E-state index is 9.25. The van der Waals surface area contributed by atoms with Crippen LogP contribution in [-0.2, 0) is 19.6 Å². The molecule has 6 nitrogen and oxygen atoms in total. The Morgan fingerprint density at radius 1 is 1.00 bits per heavy atom. The van der Waals surface area contributed by atoms with Crippen molar-refractivity contribution >= 4 is 11.8 Å². The highest BCUT2D eigenvalue weighted by molar-refractivity contribution is 5.45. The second kappa shape index (κ2) is 5.64. The average molecular weight is 260 g/mol. The van der Waals surface area contributed by atoms with Crippen molar-refractivity contribution in [2.45, 2.75) is 19.6 Å². The zero-order valence-electron chi connectivity index (χ0n) is 10.4. The Hall–Kier alpha value is -2.18. The first kappa shape index (κ1) is 13.3. The van der Waals surface area contributed by atoms with Crippen molar-refractivity contribution in [2.75, 3.05) is 11.5 Å². The molecule has 0 unspecified atom stereocenters. The van der Waals surface area contributed by atoms with E-state index in [1.54, 1.807) is 12.3 Å². The standard InChI is InChI=1S/C13H16N4O2/c14-12-10(5-16-13(15)17-12)3-8-1-2-9(6-18)11(4-8)7-19/h1-2,4-5,18-19H,3,6-7H2,(H4,14,15,16,17). The lowest BCUT2D eigenvalue weighted by Gasteiger charge is -2.09. The fraction of sp³-hybridized carbons (Fsp3) is 0.231. The van der Waals surface area contributed by atoms with E-state index >= 15 is 0 Å². The highest BCUT2D eigenvalue weighted by Gasteiger charge is 2.07. The molecule has 6 heteroatoms. The third-order valence-electron chi connectivity index (χ3n) is 2.92. The molecule has 1 aromatic heterocycles. The normalized spacial score (nSPS) is 10.6. The lowest BCUT2D eigenvalue weighted by molar-refractivity contribution is 0.260. The maximum absolute atomic E-state index is 9.25. The molecule has 0 bridgehead atoms. The topological polar surface area (TPSA) is 118 Å². The van der Waals surface area contributed by atoms with Gasteiger partial charge in [0.25, 0.3) is 0 Å². The summed E-state index contributed by atoms with van der Waals surface area (Å²) in [5, 5.41) is 18.4. The van der Waals surface area contributed by atoms with Gasteiger partial charge in [-0.1, -0.05) is 18.2 Å². The smallest absolute Gasteiger partial charge is 0.221 e. The Balaban J connectivity index is 2.28. The predicted molar refractivity (Wildman–Crippen MR) is 72.0 cm³/mol. The van der Waals surface area contributed by atoms with Crippen molar-refractivity contribution in [3.63, 3.8) is 0 Å². The Labute approximate surface area is 110 Å². The van der Waals surface area contributed by atoms with Gasteiger partial charge in [0.15, 0.2) is 0 Å². The number of aliphatic hydroxyl groups excluding tert-OH is 2. The first-order valence-corrected chi connectivity index (χ1v) is 5.83. The number of benzene rings is 1. The minimum atomic E-state index is -0.114. The number of hydrogen-bond acceptors (Lipinski definition) is 6. The monoisotopic (exact) mass is 260 g/mol. The molecule has 0 aliphatic heterocycles. The van der Waals surface area contributed by atoms with E-state index in [4.69, 9.17) is 16.6 Å². The van der Waals surface area contributed by atoms with E-state index in [1.165, 1.54) is 0 Å². The highest BCUT2D eigenvalue weighted by atomic mass is 16.3. The summed E-state index contributed by atoms with van der Waals surface area (Å²) in [6, 6.07) is 5.50. The first-order chi connectivity index (χ1) is 9.13. The summed E-state index contributed by atoms with van der Waals surface area (Å²) < 4.78 is 0. The summed E-state index contributed by atoms with van der Waals surface area (Å²) in [4.78, 5) is 7.81. The fourth-order valence-corrected chi connectivity index (χ4v) is 1.88. The number of anilines is 2. The van der Waals surface area contributed by atoms with E-state index in [2.05, 4.69) is 9.97 Å². The molecule has 100 valence electrons. The van der Waals surface area contributed by atoms with Crippen LogP contribution in [0.3, 0.4) is 0 Å². The van der Waals surface area contributed by atoms with Crippen LogP contribution < -0.4 is 11.5 Å². The zero-order chi connectivity index (χ0) is 13.8. The molecule has 6 N–H and O–H groups in total. The van der Waals surface area contributed by atoms with Gasteiger partial charge in [-0.2, -0.15) is 4.98 Å². The number of hydrogen-bond donors (Lipinski definition) is 4. The van der Waals surface area contributed by atoms with E-state index < -0.39 is 0 Å². The molecule has 2 rings (SSSR count). The summed E-state index contributed by atoms with van der Waals surface area (Å²) in [5.41, 5.74) is 14.4. The van der Waals surface area contributed by atoms with Gasteiger partial charge in [-0.15, -0.1) is 0 Å². The summed E-state index contributed by atoms with van der Waals surface area (Å²) >= 11 is 0. The molecule has 2 aromatic rings. The minimum Gasteiger partial charge on any atom is -0.392 e. The molecule has 0 atom stereocenters. The van der Waals surface area contributed by atoms with E-state index in [1.807, 2.05) is 12.1 Å². The van der Waals surface area contributed by atoms with Crippen molar-refractivity contribution in [3.8, 4) is 0 Å². The van der Waals surface area contributed by atoms with Gasteiger partial charge < -0.3 is 21.7 Å². The third-order valence-corrected chi connectivity index (χ3v) is 2.92. The summed E-state index contributed by atoms with van der Waals surface area (Å²) in [5.74, 6) is 0.497. The van der Waals surface area contributed by atoms with Gasteiger partial charge in [0.1, 0.15) is 5.82 Å². The molecule has 0 saturated carbocycles.